The Morgan fingerprint density at radius 1 is 1.44 bits per heavy atom. The number of carbonyl (C=O) groups is 1. The van der Waals surface area contributed by atoms with Crippen molar-refractivity contribution < 1.29 is 19.2 Å². The van der Waals surface area contributed by atoms with Gasteiger partial charge in [0.2, 0.25) is 0 Å². The molecular weight excluding hydrogens is 238 g/mol. The molecule has 18 heavy (non-hydrogen) atoms. The van der Waals surface area contributed by atoms with Gasteiger partial charge in [-0.25, -0.2) is 0 Å². The van der Waals surface area contributed by atoms with E-state index in [-0.39, 0.29) is 12.3 Å². The minimum Gasteiger partial charge on any atom is -0.496 e. The van der Waals surface area contributed by atoms with Crippen LogP contribution in [0.2, 0.25) is 0 Å². The molecule has 0 fully saturated rings. The van der Waals surface area contributed by atoms with Gasteiger partial charge in [-0.3, -0.25) is 14.9 Å². The summed E-state index contributed by atoms with van der Waals surface area (Å²) in [5, 5.41) is 10.8. The van der Waals surface area contributed by atoms with Gasteiger partial charge in [0.15, 0.2) is 6.61 Å². The zero-order chi connectivity index (χ0) is 13.5. The molecule has 1 rings (SSSR count). The van der Waals surface area contributed by atoms with Crippen LogP contribution in [0, 0.1) is 10.1 Å². The molecule has 0 heterocycles. The number of rotatable bonds is 5. The van der Waals surface area contributed by atoms with Gasteiger partial charge in [0.05, 0.1) is 12.0 Å². The largest absolute Gasteiger partial charge is 0.496 e. The number of ether oxygens (including phenoxy) is 2. The smallest absolute Gasteiger partial charge is 0.303 e. The molecule has 0 unspecified atom stereocenters. The van der Waals surface area contributed by atoms with Crippen molar-refractivity contribution in [1.82, 2.24) is 0 Å². The molecule has 0 saturated carbocycles. The Morgan fingerprint density at radius 2 is 2.11 bits per heavy atom. The summed E-state index contributed by atoms with van der Waals surface area (Å²) in [4.78, 5) is 20.9. The number of para-hydroxylation sites is 1. The third-order valence-electron chi connectivity index (χ3n) is 2.12. The lowest BCUT2D eigenvalue weighted by atomic mass is 10.1. The number of esters is 1. The first-order chi connectivity index (χ1) is 8.54. The Kier molecular flexibility index (Phi) is 4.86. The second-order valence-electron chi connectivity index (χ2n) is 3.41. The van der Waals surface area contributed by atoms with E-state index < -0.39 is 10.9 Å². The number of nitrogens with zero attached hydrogens (tertiary/aromatic N) is 1. The van der Waals surface area contributed by atoms with Crippen LogP contribution >= 0.6 is 0 Å². The fourth-order valence-corrected chi connectivity index (χ4v) is 1.29. The van der Waals surface area contributed by atoms with Crippen molar-refractivity contribution in [2.24, 2.45) is 0 Å². The minimum atomic E-state index is -0.588. The maximum Gasteiger partial charge on any atom is 0.303 e. The Balaban J connectivity index is 3.00. The maximum absolute atomic E-state index is 10.8. The third kappa shape index (κ3) is 3.89. The van der Waals surface area contributed by atoms with Crippen molar-refractivity contribution in [2.75, 3.05) is 13.7 Å². The molecule has 96 valence electrons. The lowest BCUT2D eigenvalue weighted by Gasteiger charge is -2.04. The molecule has 0 aliphatic heterocycles. The van der Waals surface area contributed by atoms with Crippen LogP contribution in [0.5, 0.6) is 5.75 Å². The lowest BCUT2D eigenvalue weighted by Crippen LogP contribution is -2.09. The van der Waals surface area contributed by atoms with Crippen molar-refractivity contribution in [3.63, 3.8) is 0 Å². The van der Waals surface area contributed by atoms with Crippen molar-refractivity contribution >= 4 is 12.0 Å². The number of hydrogen-bond acceptors (Lipinski definition) is 5. The van der Waals surface area contributed by atoms with Crippen molar-refractivity contribution in [2.45, 2.75) is 6.92 Å². The van der Waals surface area contributed by atoms with Gasteiger partial charge in [-0.15, -0.1) is 0 Å². The highest BCUT2D eigenvalue weighted by Crippen LogP contribution is 2.20. The van der Waals surface area contributed by atoms with Crippen molar-refractivity contribution in [1.29, 1.82) is 0 Å². The second-order valence-corrected chi connectivity index (χ2v) is 3.41. The SMILES string of the molecule is COc1ccccc1/C=C(/COC(C)=O)[N+](=O)[O-]. The second kappa shape index (κ2) is 6.39. The third-order valence-corrected chi connectivity index (χ3v) is 2.12. The average Bonchev–Trinajstić information content (AvgIpc) is 2.34. The molecule has 1 aromatic carbocycles. The summed E-state index contributed by atoms with van der Waals surface area (Å²) in [6.07, 6.45) is 1.32. The molecule has 0 aliphatic carbocycles. The van der Waals surface area contributed by atoms with Crippen LogP contribution < -0.4 is 4.74 Å². The molecule has 0 radical (unpaired) electrons. The van der Waals surface area contributed by atoms with Crippen LogP contribution in [-0.2, 0) is 9.53 Å². The Morgan fingerprint density at radius 3 is 2.67 bits per heavy atom. The molecule has 0 atom stereocenters. The van der Waals surface area contributed by atoms with Crippen LogP contribution in [0.1, 0.15) is 12.5 Å². The van der Waals surface area contributed by atoms with E-state index in [2.05, 4.69) is 4.74 Å². The predicted octanol–water partition coefficient (Wildman–Crippen LogP) is 1.88. The predicted molar refractivity (Wildman–Crippen MR) is 64.6 cm³/mol. The molecule has 0 aliphatic rings. The van der Waals surface area contributed by atoms with Gasteiger partial charge in [0.1, 0.15) is 5.75 Å². The maximum atomic E-state index is 10.8. The molecule has 0 amide bonds. The van der Waals surface area contributed by atoms with E-state index in [9.17, 15) is 14.9 Å². The number of nitro groups is 1. The molecule has 0 bridgehead atoms. The number of hydrogen-bond donors (Lipinski definition) is 0. The van der Waals surface area contributed by atoms with Crippen LogP contribution in [0.3, 0.4) is 0 Å². The summed E-state index contributed by atoms with van der Waals surface area (Å²) in [5.41, 5.74) is 0.341. The minimum absolute atomic E-state index is 0.213. The van der Waals surface area contributed by atoms with Crippen molar-refractivity contribution in [3.8, 4) is 5.75 Å². The normalized spacial score (nSPS) is 10.9. The number of carbonyl (C=O) groups excluding carboxylic acids is 1. The van der Waals surface area contributed by atoms with Gasteiger partial charge >= 0.3 is 5.97 Å². The first-order valence-electron chi connectivity index (χ1n) is 5.16. The van der Waals surface area contributed by atoms with E-state index in [0.717, 1.165) is 0 Å². The number of benzene rings is 1. The zero-order valence-electron chi connectivity index (χ0n) is 10.1. The fraction of sp³-hybridized carbons (Fsp3) is 0.250. The summed E-state index contributed by atoms with van der Waals surface area (Å²) >= 11 is 0. The standard InChI is InChI=1S/C12H13NO5/c1-9(14)18-8-11(13(15)16)7-10-5-3-4-6-12(10)17-2/h3-7H,8H2,1-2H3/b11-7-. The monoisotopic (exact) mass is 251 g/mol. The van der Waals surface area contributed by atoms with Crippen LogP contribution in [-0.4, -0.2) is 24.6 Å². The van der Waals surface area contributed by atoms with Gasteiger partial charge in [0, 0.05) is 18.6 Å². The summed E-state index contributed by atoms with van der Waals surface area (Å²) in [6, 6.07) is 6.86. The van der Waals surface area contributed by atoms with E-state index in [0.29, 0.717) is 11.3 Å². The van der Waals surface area contributed by atoms with Gasteiger partial charge < -0.3 is 9.47 Å². The summed E-state index contributed by atoms with van der Waals surface area (Å²) < 4.78 is 9.70. The highest BCUT2D eigenvalue weighted by Gasteiger charge is 2.14. The van der Waals surface area contributed by atoms with Crippen molar-refractivity contribution in [3.05, 3.63) is 45.6 Å². The quantitative estimate of drug-likeness (QED) is 0.453. The summed E-state index contributed by atoms with van der Waals surface area (Å²) in [6.45, 7) is 0.820. The van der Waals surface area contributed by atoms with Crippen LogP contribution in [0.25, 0.3) is 6.08 Å². The van der Waals surface area contributed by atoms with E-state index in [1.165, 1.54) is 20.1 Å². The molecule has 1 aromatic rings. The van der Waals surface area contributed by atoms with E-state index in [4.69, 9.17) is 4.74 Å². The highest BCUT2D eigenvalue weighted by molar-refractivity contribution is 5.66. The fourth-order valence-electron chi connectivity index (χ4n) is 1.29. The summed E-state index contributed by atoms with van der Waals surface area (Å²) in [5.74, 6) is -0.0533. The van der Waals surface area contributed by atoms with Gasteiger partial charge in [-0.2, -0.15) is 0 Å². The molecular formula is C12H13NO5. The molecule has 0 N–H and O–H groups in total. The Labute approximate surface area is 104 Å². The first kappa shape index (κ1) is 13.7. The molecule has 0 saturated heterocycles. The highest BCUT2D eigenvalue weighted by atomic mass is 16.6. The lowest BCUT2D eigenvalue weighted by molar-refractivity contribution is -0.428. The van der Waals surface area contributed by atoms with Crippen LogP contribution in [0.4, 0.5) is 0 Å². The molecule has 0 spiro atoms. The van der Waals surface area contributed by atoms with Gasteiger partial charge in [-0.1, -0.05) is 18.2 Å². The van der Waals surface area contributed by atoms with E-state index in [1.807, 2.05) is 0 Å². The topological polar surface area (TPSA) is 78.7 Å². The molecule has 0 aromatic heterocycles. The average molecular weight is 251 g/mol. The number of methoxy groups -OCH3 is 1. The van der Waals surface area contributed by atoms with E-state index >= 15 is 0 Å². The Bertz CT molecular complexity index is 481. The van der Waals surface area contributed by atoms with E-state index in [1.54, 1.807) is 24.3 Å². The first-order valence-corrected chi connectivity index (χ1v) is 5.16. The molecule has 6 nitrogen and oxygen atoms in total. The van der Waals surface area contributed by atoms with Gasteiger partial charge in [-0.05, 0) is 6.07 Å². The van der Waals surface area contributed by atoms with Gasteiger partial charge in [0.25, 0.3) is 5.70 Å². The summed E-state index contributed by atoms with van der Waals surface area (Å²) in [7, 11) is 1.48. The Hall–Kier alpha value is -2.37. The zero-order valence-corrected chi connectivity index (χ0v) is 10.1. The molecule has 6 heteroatoms. The van der Waals surface area contributed by atoms with Crippen LogP contribution in [0.15, 0.2) is 30.0 Å².